The van der Waals surface area contributed by atoms with E-state index >= 15 is 0 Å². The van der Waals surface area contributed by atoms with Crippen LogP contribution in [0.4, 0.5) is 4.39 Å². The van der Waals surface area contributed by atoms with Crippen molar-refractivity contribution in [3.63, 3.8) is 0 Å². The van der Waals surface area contributed by atoms with Crippen molar-refractivity contribution in [3.8, 4) is 0 Å². The molecule has 0 radical (unpaired) electrons. The minimum Gasteiger partial charge on any atom is -0.393 e. The highest BCUT2D eigenvalue weighted by Crippen LogP contribution is 2.24. The molecule has 1 aromatic carbocycles. The van der Waals surface area contributed by atoms with Crippen LogP contribution in [0.2, 0.25) is 5.02 Å². The molecule has 1 unspecified atom stereocenters. The van der Waals surface area contributed by atoms with Crippen LogP contribution in [0.3, 0.4) is 0 Å². The molecule has 0 saturated heterocycles. The van der Waals surface area contributed by atoms with E-state index in [0.717, 1.165) is 6.07 Å². The number of nitrogens with one attached hydrogen (secondary N) is 1. The van der Waals surface area contributed by atoms with Gasteiger partial charge in [0.2, 0.25) is 10.0 Å². The maximum atomic E-state index is 13.2. The third-order valence-electron chi connectivity index (χ3n) is 2.36. The first-order valence-electron chi connectivity index (χ1n) is 5.37. The summed E-state index contributed by atoms with van der Waals surface area (Å²) >= 11 is 5.72. The fraction of sp³-hybridized carbons (Fsp3) is 0.455. The predicted molar refractivity (Wildman–Crippen MR) is 67.6 cm³/mol. The summed E-state index contributed by atoms with van der Waals surface area (Å²) in [7, 11) is -3.79. The molecule has 0 fully saturated rings. The van der Waals surface area contributed by atoms with Crippen molar-refractivity contribution in [2.24, 2.45) is 0 Å². The molecule has 0 amide bonds. The normalized spacial score (nSPS) is 13.6. The minimum atomic E-state index is -3.79. The lowest BCUT2D eigenvalue weighted by molar-refractivity contribution is 0.186. The van der Waals surface area contributed by atoms with Crippen LogP contribution >= 0.6 is 11.6 Å². The molecule has 0 saturated carbocycles. The zero-order valence-electron chi connectivity index (χ0n) is 10.1. The second-order valence-corrected chi connectivity index (χ2v) is 6.21. The van der Waals surface area contributed by atoms with Gasteiger partial charge in [0.15, 0.2) is 0 Å². The summed E-state index contributed by atoms with van der Waals surface area (Å²) in [5, 5.41) is 8.88. The summed E-state index contributed by atoms with van der Waals surface area (Å²) < 4.78 is 39.3. The van der Waals surface area contributed by atoms with Crippen LogP contribution in [0.25, 0.3) is 0 Å². The van der Waals surface area contributed by atoms with Crippen LogP contribution < -0.4 is 4.72 Å². The molecule has 0 aromatic heterocycles. The first kappa shape index (κ1) is 15.4. The number of sulfonamides is 1. The summed E-state index contributed by atoms with van der Waals surface area (Å²) in [5.74, 6) is -0.553. The highest BCUT2D eigenvalue weighted by molar-refractivity contribution is 7.89. The number of rotatable bonds is 5. The van der Waals surface area contributed by atoms with E-state index in [1.54, 1.807) is 6.92 Å². The molecule has 1 rings (SSSR count). The zero-order valence-corrected chi connectivity index (χ0v) is 11.6. The van der Waals surface area contributed by atoms with E-state index in [1.165, 1.54) is 13.0 Å². The maximum absolute atomic E-state index is 13.2. The average Bonchev–Trinajstić information content (AvgIpc) is 2.22. The topological polar surface area (TPSA) is 66.4 Å². The standard InChI is InChI=1S/C11H15ClFNO3S/c1-7-5-11(9(12)6-10(7)13)18(16,17)14-4-3-8(2)15/h5-6,8,14-15H,3-4H2,1-2H3. The van der Waals surface area contributed by atoms with E-state index in [9.17, 15) is 12.8 Å². The quantitative estimate of drug-likeness (QED) is 0.871. The van der Waals surface area contributed by atoms with Gasteiger partial charge in [-0.1, -0.05) is 11.6 Å². The molecule has 0 spiro atoms. The lowest BCUT2D eigenvalue weighted by atomic mass is 10.2. The van der Waals surface area contributed by atoms with E-state index in [1.807, 2.05) is 0 Å². The number of aliphatic hydroxyl groups excluding tert-OH is 1. The maximum Gasteiger partial charge on any atom is 0.242 e. The van der Waals surface area contributed by atoms with Gasteiger partial charge in [0, 0.05) is 6.54 Å². The molecule has 0 bridgehead atoms. The van der Waals surface area contributed by atoms with Gasteiger partial charge in [-0.05, 0) is 38.0 Å². The summed E-state index contributed by atoms with van der Waals surface area (Å²) in [6.45, 7) is 3.11. The van der Waals surface area contributed by atoms with Gasteiger partial charge in [-0.3, -0.25) is 0 Å². The first-order chi connectivity index (χ1) is 8.24. The molecule has 18 heavy (non-hydrogen) atoms. The lowest BCUT2D eigenvalue weighted by Crippen LogP contribution is -2.27. The number of aliphatic hydroxyl groups is 1. The molecule has 1 aromatic rings. The first-order valence-corrected chi connectivity index (χ1v) is 7.23. The molecular weight excluding hydrogens is 281 g/mol. The fourth-order valence-corrected chi connectivity index (χ4v) is 2.96. The van der Waals surface area contributed by atoms with Gasteiger partial charge >= 0.3 is 0 Å². The molecule has 102 valence electrons. The molecule has 2 N–H and O–H groups in total. The Balaban J connectivity index is 2.95. The van der Waals surface area contributed by atoms with Crippen LogP contribution in [0.5, 0.6) is 0 Å². The predicted octanol–water partition coefficient (Wildman–Crippen LogP) is 1.84. The number of aryl methyl sites for hydroxylation is 1. The molecule has 0 aliphatic rings. The summed E-state index contributed by atoms with van der Waals surface area (Å²) in [5.41, 5.74) is 0.204. The van der Waals surface area contributed by atoms with Gasteiger partial charge in [-0.25, -0.2) is 17.5 Å². The van der Waals surface area contributed by atoms with Gasteiger partial charge in [0.05, 0.1) is 11.1 Å². The smallest absolute Gasteiger partial charge is 0.242 e. The average molecular weight is 296 g/mol. The molecule has 0 heterocycles. The van der Waals surface area contributed by atoms with Crippen molar-refractivity contribution in [2.45, 2.75) is 31.3 Å². The van der Waals surface area contributed by atoms with Gasteiger partial charge < -0.3 is 5.11 Å². The summed E-state index contributed by atoms with van der Waals surface area (Å²) in [6.07, 6.45) is -0.310. The largest absolute Gasteiger partial charge is 0.393 e. The number of halogens is 2. The van der Waals surface area contributed by atoms with Crippen LogP contribution in [-0.2, 0) is 10.0 Å². The molecular formula is C11H15ClFNO3S. The highest BCUT2D eigenvalue weighted by atomic mass is 35.5. The van der Waals surface area contributed by atoms with E-state index in [-0.39, 0.29) is 28.4 Å². The minimum absolute atomic E-state index is 0.0900. The Kier molecular flexibility index (Phi) is 5.10. The summed E-state index contributed by atoms with van der Waals surface area (Å²) in [4.78, 5) is -0.159. The molecule has 1 atom stereocenters. The number of benzene rings is 1. The fourth-order valence-electron chi connectivity index (χ4n) is 1.32. The second-order valence-electron chi connectivity index (χ2n) is 4.07. The van der Waals surface area contributed by atoms with Gasteiger partial charge in [0.1, 0.15) is 10.7 Å². The molecule has 0 aliphatic heterocycles. The molecule has 0 aliphatic carbocycles. The van der Waals surface area contributed by atoms with Gasteiger partial charge in [-0.2, -0.15) is 0 Å². The number of hydrogen-bond donors (Lipinski definition) is 2. The Morgan fingerprint density at radius 2 is 2.11 bits per heavy atom. The highest BCUT2D eigenvalue weighted by Gasteiger charge is 2.19. The van der Waals surface area contributed by atoms with E-state index in [2.05, 4.69) is 4.72 Å². The van der Waals surface area contributed by atoms with Crippen LogP contribution in [0, 0.1) is 12.7 Å². The van der Waals surface area contributed by atoms with Crippen molar-refractivity contribution in [1.29, 1.82) is 0 Å². The van der Waals surface area contributed by atoms with Crippen LogP contribution in [-0.4, -0.2) is 26.2 Å². The lowest BCUT2D eigenvalue weighted by Gasteiger charge is -2.10. The molecule has 7 heteroatoms. The monoisotopic (exact) mass is 295 g/mol. The van der Waals surface area contributed by atoms with Crippen molar-refractivity contribution >= 4 is 21.6 Å². The Morgan fingerprint density at radius 1 is 1.50 bits per heavy atom. The van der Waals surface area contributed by atoms with Crippen molar-refractivity contribution in [2.75, 3.05) is 6.54 Å². The van der Waals surface area contributed by atoms with Crippen molar-refractivity contribution in [3.05, 3.63) is 28.5 Å². The third kappa shape index (κ3) is 3.91. The van der Waals surface area contributed by atoms with Gasteiger partial charge in [0.25, 0.3) is 0 Å². The van der Waals surface area contributed by atoms with Gasteiger partial charge in [-0.15, -0.1) is 0 Å². The second kappa shape index (κ2) is 5.97. The van der Waals surface area contributed by atoms with Crippen LogP contribution in [0.1, 0.15) is 18.9 Å². The number of hydrogen-bond acceptors (Lipinski definition) is 3. The Hall–Kier alpha value is -0.690. The van der Waals surface area contributed by atoms with E-state index in [0.29, 0.717) is 0 Å². The summed E-state index contributed by atoms with van der Waals surface area (Å²) in [6, 6.07) is 2.16. The Morgan fingerprint density at radius 3 is 2.67 bits per heavy atom. The zero-order chi connectivity index (χ0) is 13.9. The van der Waals surface area contributed by atoms with Crippen LogP contribution in [0.15, 0.2) is 17.0 Å². The van der Waals surface area contributed by atoms with Crippen molar-refractivity contribution < 1.29 is 17.9 Å². The van der Waals surface area contributed by atoms with E-state index in [4.69, 9.17) is 16.7 Å². The van der Waals surface area contributed by atoms with E-state index < -0.39 is 21.9 Å². The molecule has 4 nitrogen and oxygen atoms in total. The van der Waals surface area contributed by atoms with Crippen molar-refractivity contribution in [1.82, 2.24) is 4.72 Å². The Bertz CT molecular complexity index is 531. The Labute approximate surface area is 111 Å². The SMILES string of the molecule is Cc1cc(S(=O)(=O)NCCC(C)O)c(Cl)cc1F. The third-order valence-corrected chi connectivity index (χ3v) is 4.28.